The number of hydrogen-bond acceptors (Lipinski definition) is 3. The Balaban J connectivity index is 2.45. The molecule has 1 aliphatic heterocycles. The van der Waals surface area contributed by atoms with Crippen molar-refractivity contribution < 1.29 is 14.5 Å². The first-order valence-corrected chi connectivity index (χ1v) is 5.89. The molecule has 3 nitrogen and oxygen atoms in total. The van der Waals surface area contributed by atoms with Gasteiger partial charge in [-0.1, -0.05) is 19.1 Å². The zero-order valence-corrected chi connectivity index (χ0v) is 10.1. The van der Waals surface area contributed by atoms with Crippen LogP contribution in [0, 0.1) is 11.7 Å². The molecule has 1 aromatic carbocycles. The Morgan fingerprint density at radius 1 is 1.53 bits per heavy atom. The van der Waals surface area contributed by atoms with E-state index < -0.39 is 12.8 Å². The summed E-state index contributed by atoms with van der Waals surface area (Å²) in [5.41, 5.74) is -0.778. The first-order valence-electron chi connectivity index (χ1n) is 5.89. The van der Waals surface area contributed by atoms with Gasteiger partial charge in [0.25, 0.3) is 0 Å². The van der Waals surface area contributed by atoms with Gasteiger partial charge in [0.2, 0.25) is 0 Å². The molecule has 92 valence electrons. The Labute approximate surface area is 101 Å². The Hall–Kier alpha value is -0.905. The largest absolute Gasteiger partial charge is 0.437 e. The van der Waals surface area contributed by atoms with Crippen LogP contribution >= 0.6 is 0 Å². The molecule has 17 heavy (non-hydrogen) atoms. The van der Waals surface area contributed by atoms with Gasteiger partial charge >= 0.3 is 7.05 Å². The summed E-state index contributed by atoms with van der Waals surface area (Å²) >= 11 is 0. The highest BCUT2D eigenvalue weighted by Gasteiger charge is 2.48. The summed E-state index contributed by atoms with van der Waals surface area (Å²) < 4.78 is 13.3. The second-order valence-corrected chi connectivity index (χ2v) is 4.75. The average molecular weight is 237 g/mol. The van der Waals surface area contributed by atoms with E-state index in [0.29, 0.717) is 12.1 Å². The molecule has 0 bridgehead atoms. The summed E-state index contributed by atoms with van der Waals surface area (Å²) in [6.07, 6.45) is 0.776. The quantitative estimate of drug-likeness (QED) is 0.764. The van der Waals surface area contributed by atoms with Gasteiger partial charge in [0, 0.05) is 11.5 Å². The van der Waals surface area contributed by atoms with E-state index in [-0.39, 0.29) is 11.7 Å². The molecule has 2 atom stereocenters. The molecule has 0 spiro atoms. The van der Waals surface area contributed by atoms with Crippen molar-refractivity contribution in [2.45, 2.75) is 25.9 Å². The van der Waals surface area contributed by atoms with Gasteiger partial charge in [0.15, 0.2) is 0 Å². The second-order valence-electron chi connectivity index (χ2n) is 4.75. The van der Waals surface area contributed by atoms with Crippen LogP contribution < -0.4 is 0 Å². The predicted octanol–water partition coefficient (Wildman–Crippen LogP) is 1.42. The zero-order valence-electron chi connectivity index (χ0n) is 10.1. The van der Waals surface area contributed by atoms with Crippen molar-refractivity contribution in [2.75, 3.05) is 6.54 Å². The molecule has 1 saturated heterocycles. The SMILES string of the molecule is CB(O)N1CC[C@H](C)C1(O)c1cccc(F)c1. The van der Waals surface area contributed by atoms with Gasteiger partial charge in [-0.15, -0.1) is 0 Å². The zero-order chi connectivity index (χ0) is 12.6. The molecular weight excluding hydrogens is 220 g/mol. The lowest BCUT2D eigenvalue weighted by molar-refractivity contribution is -0.0818. The summed E-state index contributed by atoms with van der Waals surface area (Å²) in [5, 5.41) is 20.5. The number of aliphatic hydroxyl groups is 1. The highest BCUT2D eigenvalue weighted by atomic mass is 19.1. The Bertz CT molecular complexity index is 415. The fourth-order valence-corrected chi connectivity index (χ4v) is 2.63. The van der Waals surface area contributed by atoms with E-state index in [2.05, 4.69) is 0 Å². The summed E-state index contributed by atoms with van der Waals surface area (Å²) in [6, 6.07) is 5.95. The molecule has 1 unspecified atom stereocenters. The van der Waals surface area contributed by atoms with Crippen molar-refractivity contribution in [1.29, 1.82) is 0 Å². The van der Waals surface area contributed by atoms with Gasteiger partial charge < -0.3 is 10.1 Å². The standard InChI is InChI=1S/C12H17BFNO2/c1-9-6-7-15(13(2)17)12(9,16)10-4-3-5-11(14)8-10/h3-5,8-9,16-17H,6-7H2,1-2H3/t9-,12?/m0/s1. The van der Waals surface area contributed by atoms with E-state index in [9.17, 15) is 14.5 Å². The molecule has 1 fully saturated rings. The van der Waals surface area contributed by atoms with Crippen molar-refractivity contribution in [2.24, 2.45) is 5.92 Å². The van der Waals surface area contributed by atoms with Crippen LogP contribution in [0.3, 0.4) is 0 Å². The summed E-state index contributed by atoms with van der Waals surface area (Å²) in [7, 11) is -0.756. The fraction of sp³-hybridized carbons (Fsp3) is 0.500. The van der Waals surface area contributed by atoms with Crippen LogP contribution in [-0.2, 0) is 5.72 Å². The maximum Gasteiger partial charge on any atom is 0.378 e. The van der Waals surface area contributed by atoms with Crippen molar-refractivity contribution in [3.8, 4) is 0 Å². The molecular formula is C12H17BFNO2. The maximum atomic E-state index is 13.3. The minimum absolute atomic E-state index is 0.0427. The number of nitrogens with zero attached hydrogens (tertiary/aromatic N) is 1. The minimum Gasteiger partial charge on any atom is -0.437 e. The average Bonchev–Trinajstić information content (AvgIpc) is 2.57. The molecule has 1 aliphatic rings. The molecule has 0 aromatic heterocycles. The monoisotopic (exact) mass is 237 g/mol. The van der Waals surface area contributed by atoms with E-state index in [1.807, 2.05) is 6.92 Å². The fourth-order valence-electron chi connectivity index (χ4n) is 2.63. The second kappa shape index (κ2) is 4.40. The minimum atomic E-state index is -1.28. The van der Waals surface area contributed by atoms with Crippen LogP contribution in [-0.4, -0.2) is 28.5 Å². The molecule has 5 heteroatoms. The van der Waals surface area contributed by atoms with Crippen LogP contribution in [0.4, 0.5) is 4.39 Å². The van der Waals surface area contributed by atoms with Gasteiger partial charge in [-0.3, -0.25) is 4.81 Å². The molecule has 1 heterocycles. The van der Waals surface area contributed by atoms with Gasteiger partial charge in [-0.25, -0.2) is 4.39 Å². The van der Waals surface area contributed by atoms with Crippen LogP contribution in [0.2, 0.25) is 6.82 Å². The molecule has 0 saturated carbocycles. The lowest BCUT2D eigenvalue weighted by Crippen LogP contribution is -2.51. The lowest BCUT2D eigenvalue weighted by Gasteiger charge is -2.38. The summed E-state index contributed by atoms with van der Waals surface area (Å²) in [5.74, 6) is -0.417. The topological polar surface area (TPSA) is 43.7 Å². The van der Waals surface area contributed by atoms with Crippen LogP contribution in [0.5, 0.6) is 0 Å². The Morgan fingerprint density at radius 2 is 2.24 bits per heavy atom. The Kier molecular flexibility index (Phi) is 3.25. The van der Waals surface area contributed by atoms with Crippen molar-refractivity contribution in [3.63, 3.8) is 0 Å². The Morgan fingerprint density at radius 3 is 2.82 bits per heavy atom. The first kappa shape index (κ1) is 12.5. The third-order valence-corrected chi connectivity index (χ3v) is 3.63. The maximum absolute atomic E-state index is 13.3. The van der Waals surface area contributed by atoms with Gasteiger partial charge in [-0.05, 0) is 31.9 Å². The molecule has 0 amide bonds. The highest BCUT2D eigenvalue weighted by molar-refractivity contribution is 6.45. The number of benzene rings is 1. The number of hydrogen-bond donors (Lipinski definition) is 2. The van der Waals surface area contributed by atoms with Crippen LogP contribution in [0.25, 0.3) is 0 Å². The van der Waals surface area contributed by atoms with Crippen LogP contribution in [0.15, 0.2) is 24.3 Å². The van der Waals surface area contributed by atoms with E-state index in [1.165, 1.54) is 12.1 Å². The van der Waals surface area contributed by atoms with E-state index in [0.717, 1.165) is 6.42 Å². The molecule has 2 rings (SSSR count). The predicted molar refractivity (Wildman–Crippen MR) is 64.6 cm³/mol. The molecule has 0 radical (unpaired) electrons. The van der Waals surface area contributed by atoms with E-state index in [4.69, 9.17) is 0 Å². The van der Waals surface area contributed by atoms with Crippen molar-refractivity contribution >= 4 is 7.05 Å². The van der Waals surface area contributed by atoms with Gasteiger partial charge in [-0.2, -0.15) is 0 Å². The van der Waals surface area contributed by atoms with Crippen molar-refractivity contribution in [3.05, 3.63) is 35.6 Å². The third-order valence-electron chi connectivity index (χ3n) is 3.63. The summed E-state index contributed by atoms with van der Waals surface area (Å²) in [6.45, 7) is 4.13. The molecule has 1 aromatic rings. The molecule has 0 aliphatic carbocycles. The van der Waals surface area contributed by atoms with Crippen molar-refractivity contribution in [1.82, 2.24) is 4.81 Å². The highest BCUT2D eigenvalue weighted by Crippen LogP contribution is 2.41. The first-order chi connectivity index (χ1) is 7.96. The lowest BCUT2D eigenvalue weighted by atomic mass is 9.79. The normalized spacial score (nSPS) is 29.6. The van der Waals surface area contributed by atoms with E-state index in [1.54, 1.807) is 23.8 Å². The number of halogens is 1. The van der Waals surface area contributed by atoms with Gasteiger partial charge in [0.05, 0.1) is 0 Å². The molecule has 2 N–H and O–H groups in total. The summed E-state index contributed by atoms with van der Waals surface area (Å²) in [4.78, 5) is 1.60. The number of rotatable bonds is 2. The van der Waals surface area contributed by atoms with E-state index >= 15 is 0 Å². The smallest absolute Gasteiger partial charge is 0.378 e. The van der Waals surface area contributed by atoms with Gasteiger partial charge in [0.1, 0.15) is 11.5 Å². The van der Waals surface area contributed by atoms with Crippen LogP contribution in [0.1, 0.15) is 18.9 Å². The third kappa shape index (κ3) is 1.99.